The first-order chi connectivity index (χ1) is 24.7. The predicted octanol–water partition coefficient (Wildman–Crippen LogP) is 4.70. The van der Waals surface area contributed by atoms with Crippen LogP contribution in [0.2, 0.25) is 0 Å². The minimum Gasteiger partial charge on any atom is -1.00 e. The minimum absolute atomic E-state index is 0. The van der Waals surface area contributed by atoms with Crippen molar-refractivity contribution in [3.05, 3.63) is 203 Å². The van der Waals surface area contributed by atoms with Gasteiger partial charge < -0.3 is 38.5 Å². The van der Waals surface area contributed by atoms with Crippen LogP contribution in [0.25, 0.3) is 0 Å². The zero-order chi connectivity index (χ0) is 35.9. The van der Waals surface area contributed by atoms with Crippen LogP contribution >= 0.6 is 37.2 Å². The van der Waals surface area contributed by atoms with Crippen molar-refractivity contribution in [2.75, 3.05) is 0 Å². The summed E-state index contributed by atoms with van der Waals surface area (Å²) in [5.41, 5.74) is 1.55. The van der Waals surface area contributed by atoms with Gasteiger partial charge in [0.2, 0.25) is 0 Å². The Balaban J connectivity index is 0.000000635. The van der Waals surface area contributed by atoms with Crippen molar-refractivity contribution < 1.29 is 64.7 Å². The summed E-state index contributed by atoms with van der Waals surface area (Å²) in [6, 6.07) is 54.7. The summed E-state index contributed by atoms with van der Waals surface area (Å²) in [6.07, 6.45) is 0. The van der Waals surface area contributed by atoms with Gasteiger partial charge in [0.15, 0.2) is 0 Å². The molecule has 6 aromatic carbocycles. The molecule has 7 rings (SSSR count). The van der Waals surface area contributed by atoms with Crippen LogP contribution < -0.4 is 56.6 Å². The molecule has 0 aliphatic rings. The number of aryl methyl sites for hydroxylation is 2. The van der Waals surface area contributed by atoms with Crippen molar-refractivity contribution in [2.24, 2.45) is 0 Å². The molecule has 0 fully saturated rings. The largest absolute Gasteiger partial charge is 3.00 e. The molecule has 0 saturated heterocycles. The van der Waals surface area contributed by atoms with Gasteiger partial charge in [0.1, 0.15) is 0 Å². The molecule has 11 heteroatoms. The maximum atomic E-state index is 16.5. The molecule has 0 N–H and O–H groups in total. The molecule has 273 valence electrons. The van der Waals surface area contributed by atoms with E-state index in [1.807, 2.05) is 109 Å². The topological polar surface area (TPSA) is 51.2 Å². The number of hydrogen-bond acceptors (Lipinski definition) is 3. The second-order valence-electron chi connectivity index (χ2n) is 12.2. The summed E-state index contributed by atoms with van der Waals surface area (Å²) in [5, 5.41) is 6.13. The molecule has 1 atom stereocenters. The van der Waals surface area contributed by atoms with Crippen LogP contribution in [0.15, 0.2) is 182 Å². The molecule has 1 radical (unpaired) electrons. The SMILES string of the molecule is Cc1p[pH]c(C)c1C.O=P(c1ccccc1)(c1ccccc1)[C-](P(=O)(c1ccccc1)c1ccccc1)P(=O)(c1ccccc1)c1ccccc1.[Cl-].[Cl-].[Zr+3]. The van der Waals surface area contributed by atoms with Crippen molar-refractivity contribution in [3.63, 3.8) is 0 Å². The quantitative estimate of drug-likeness (QED) is 0.156. The van der Waals surface area contributed by atoms with Crippen LogP contribution in [0.1, 0.15) is 16.2 Å². The van der Waals surface area contributed by atoms with Crippen molar-refractivity contribution in [2.45, 2.75) is 20.8 Å². The molecule has 1 aromatic heterocycles. The average molecular weight is 922 g/mol. The monoisotopic (exact) mass is 919 g/mol. The molecular weight excluding hydrogens is 881 g/mol. The van der Waals surface area contributed by atoms with Gasteiger partial charge in [0.05, 0.1) is 0 Å². The summed E-state index contributed by atoms with van der Waals surface area (Å²) in [7, 11) is -9.54. The van der Waals surface area contributed by atoms with Gasteiger partial charge in [-0.05, 0) is 68.8 Å². The normalized spacial score (nSPS) is 11.5. The second kappa shape index (κ2) is 20.7. The molecule has 0 saturated carbocycles. The maximum Gasteiger partial charge on any atom is 3.00 e. The van der Waals surface area contributed by atoms with Crippen LogP contribution in [0.3, 0.4) is 0 Å². The van der Waals surface area contributed by atoms with E-state index in [9.17, 15) is 0 Å². The third-order valence-electron chi connectivity index (χ3n) is 9.06. The smallest absolute Gasteiger partial charge is 1.00 e. The summed E-state index contributed by atoms with van der Waals surface area (Å²) in [6.45, 7) is 6.68. The van der Waals surface area contributed by atoms with E-state index in [1.165, 1.54) is 0 Å². The first-order valence-corrected chi connectivity index (χ1v) is 24.6. The van der Waals surface area contributed by atoms with Gasteiger partial charge in [-0.2, -0.15) is 0 Å². The molecule has 0 spiro atoms. The Morgan fingerprint density at radius 1 is 0.407 bits per heavy atom. The number of benzene rings is 6. The molecule has 0 bridgehead atoms. The Kier molecular flexibility index (Phi) is 17.7. The minimum atomic E-state index is -4.05. The molecule has 54 heavy (non-hydrogen) atoms. The van der Waals surface area contributed by atoms with E-state index in [2.05, 4.69) is 20.8 Å². The third-order valence-corrected chi connectivity index (χ3v) is 25.8. The second-order valence-corrected chi connectivity index (χ2v) is 24.6. The average Bonchev–Trinajstić information content (AvgIpc) is 3.50. The summed E-state index contributed by atoms with van der Waals surface area (Å²) >= 11 is 0. The van der Waals surface area contributed by atoms with Crippen LogP contribution in [0.4, 0.5) is 0 Å². The molecule has 0 aliphatic heterocycles. The van der Waals surface area contributed by atoms with E-state index in [0.29, 0.717) is 31.8 Å². The van der Waals surface area contributed by atoms with Crippen LogP contribution in [-0.2, 0) is 39.9 Å². The fraction of sp³-hybridized carbons (Fsp3) is 0.0698. The van der Waals surface area contributed by atoms with Crippen LogP contribution in [0, 0.1) is 25.9 Å². The first kappa shape index (κ1) is 46.1. The first-order valence-electron chi connectivity index (χ1n) is 16.7. The fourth-order valence-corrected chi connectivity index (χ4v) is 24.1. The fourth-order valence-electron chi connectivity index (χ4n) is 6.17. The van der Waals surface area contributed by atoms with Crippen LogP contribution in [-0.4, -0.2) is 0 Å². The maximum absolute atomic E-state index is 16.5. The molecule has 7 aromatic rings. The van der Waals surface area contributed by atoms with E-state index >= 15 is 13.7 Å². The number of rotatable bonds is 9. The zero-order valence-corrected chi connectivity index (χ0v) is 38.6. The van der Waals surface area contributed by atoms with Gasteiger partial charge in [-0.3, -0.25) is 0 Å². The van der Waals surface area contributed by atoms with E-state index in [0.717, 1.165) is 7.87 Å². The Bertz CT molecular complexity index is 1950. The summed E-state index contributed by atoms with van der Waals surface area (Å²) in [5.74, 6) is 0. The van der Waals surface area contributed by atoms with Gasteiger partial charge in [0.25, 0.3) is 0 Å². The van der Waals surface area contributed by atoms with Gasteiger partial charge >= 0.3 is 26.2 Å². The van der Waals surface area contributed by atoms with E-state index in [4.69, 9.17) is 0 Å². The molecule has 0 aliphatic carbocycles. The zero-order valence-electron chi connectivity index (χ0n) is 30.1. The van der Waals surface area contributed by atoms with Gasteiger partial charge in [-0.15, -0.1) is 7.87 Å². The van der Waals surface area contributed by atoms with Gasteiger partial charge in [-0.25, -0.2) is 0 Å². The summed E-state index contributed by atoms with van der Waals surface area (Å²) < 4.78 is 49.6. The molecule has 1 unspecified atom stereocenters. The Labute approximate surface area is 355 Å². The van der Waals surface area contributed by atoms with Crippen molar-refractivity contribution in [3.8, 4) is 0 Å². The molecular formula is C43H40Cl2O3P5Zr. The summed E-state index contributed by atoms with van der Waals surface area (Å²) in [4.78, 5) is 0. The standard InChI is InChI=1S/C37H30O3P3.C6H10P2.2ClH.Zr/c38-41(31-19-7-1-8-20-31,32-21-9-2-10-22-32)37(42(39,33-23-11-3-12-24-33)34-25-13-4-14-26-34)43(40,35-27-15-5-16-28-35)36-29-17-6-18-30-36;1-4-5(2)7-8-6(4)3;;;/h1-30H;7H,1-3H3;2*1H;/q-1;;;;+3/p-2. The van der Waals surface area contributed by atoms with Crippen LogP contribution in [0.5, 0.6) is 0 Å². The van der Waals surface area contributed by atoms with E-state index in [1.54, 1.807) is 96.8 Å². The predicted molar refractivity (Wildman–Crippen MR) is 225 cm³/mol. The third kappa shape index (κ3) is 9.27. The molecule has 3 nitrogen and oxygen atoms in total. The Hall–Kier alpha value is -2.32. The van der Waals surface area contributed by atoms with E-state index in [-0.39, 0.29) is 56.2 Å². The van der Waals surface area contributed by atoms with Crippen molar-refractivity contribution in [1.82, 2.24) is 0 Å². The van der Waals surface area contributed by atoms with E-state index < -0.39 is 21.4 Å². The molecule has 1 heterocycles. The van der Waals surface area contributed by atoms with Gasteiger partial charge in [0, 0.05) is 21.4 Å². The van der Waals surface area contributed by atoms with Crippen molar-refractivity contribution in [1.29, 1.82) is 0 Å². The van der Waals surface area contributed by atoms with Crippen molar-refractivity contribution >= 4 is 69.0 Å². The number of hydrogen-bond donors (Lipinski definition) is 0. The number of halogens is 2. The Morgan fingerprint density at radius 3 is 0.741 bits per heavy atom. The molecule has 0 amide bonds. The van der Waals surface area contributed by atoms with Gasteiger partial charge in [-0.1, -0.05) is 195 Å². The Morgan fingerprint density at radius 2 is 0.611 bits per heavy atom.